The molecule has 0 unspecified atom stereocenters. The van der Waals surface area contributed by atoms with Crippen LogP contribution in [0.1, 0.15) is 34.6 Å². The van der Waals surface area contributed by atoms with Crippen molar-refractivity contribution in [3.63, 3.8) is 0 Å². The zero-order valence-corrected chi connectivity index (χ0v) is 12.2. The van der Waals surface area contributed by atoms with Gasteiger partial charge in [-0.3, -0.25) is 9.59 Å². The van der Waals surface area contributed by atoms with Gasteiger partial charge in [-0.25, -0.2) is 0 Å². The highest BCUT2D eigenvalue weighted by molar-refractivity contribution is 7.99. The van der Waals surface area contributed by atoms with Gasteiger partial charge in [-0.05, 0) is 26.0 Å². The van der Waals surface area contributed by atoms with Crippen LogP contribution in [0.4, 0.5) is 0 Å². The number of Topliss-reactive ketones (excluding diaryl/α,β-unsaturated/α-hetero) is 2. The Hall–Kier alpha value is -1.87. The lowest BCUT2D eigenvalue weighted by Crippen LogP contribution is -2.35. The van der Waals surface area contributed by atoms with Crippen molar-refractivity contribution in [1.82, 2.24) is 0 Å². The van der Waals surface area contributed by atoms with Crippen LogP contribution in [-0.4, -0.2) is 11.6 Å². The minimum absolute atomic E-state index is 0.111. The summed E-state index contributed by atoms with van der Waals surface area (Å²) in [6, 6.07) is 15.0. The van der Waals surface area contributed by atoms with Gasteiger partial charge in [-0.15, -0.1) is 0 Å². The van der Waals surface area contributed by atoms with Gasteiger partial charge in [-0.2, -0.15) is 0 Å². The second-order valence-electron chi connectivity index (χ2n) is 5.38. The molecule has 0 N–H and O–H groups in total. The minimum atomic E-state index is -1.03. The maximum atomic E-state index is 12.7. The number of ketones is 2. The second-order valence-corrected chi connectivity index (χ2v) is 6.46. The molecule has 0 aliphatic carbocycles. The molecule has 2 aromatic rings. The lowest BCUT2D eigenvalue weighted by atomic mass is 9.77. The number of benzene rings is 2. The maximum absolute atomic E-state index is 12.7. The molecule has 0 aromatic heterocycles. The first kappa shape index (κ1) is 13.1. The first-order valence-electron chi connectivity index (χ1n) is 6.47. The van der Waals surface area contributed by atoms with Crippen LogP contribution in [0.2, 0.25) is 0 Å². The average molecular weight is 282 g/mol. The smallest absolute Gasteiger partial charge is 0.177 e. The Morgan fingerprint density at radius 2 is 1.15 bits per heavy atom. The maximum Gasteiger partial charge on any atom is 0.177 e. The molecule has 0 fully saturated rings. The summed E-state index contributed by atoms with van der Waals surface area (Å²) in [6.07, 6.45) is 0. The molecule has 1 heterocycles. The summed E-state index contributed by atoms with van der Waals surface area (Å²) in [6.45, 7) is 3.42. The van der Waals surface area contributed by atoms with Crippen molar-refractivity contribution < 1.29 is 9.59 Å². The molecule has 2 aromatic carbocycles. The quantitative estimate of drug-likeness (QED) is 0.678. The fourth-order valence-electron chi connectivity index (χ4n) is 2.38. The van der Waals surface area contributed by atoms with E-state index in [9.17, 15) is 9.59 Å². The average Bonchev–Trinajstić information content (AvgIpc) is 2.46. The van der Waals surface area contributed by atoms with Crippen molar-refractivity contribution in [3.8, 4) is 0 Å². The number of hydrogen-bond donors (Lipinski definition) is 0. The lowest BCUT2D eigenvalue weighted by molar-refractivity contribution is 0.0707. The highest BCUT2D eigenvalue weighted by atomic mass is 32.2. The van der Waals surface area contributed by atoms with E-state index in [0.29, 0.717) is 11.1 Å². The van der Waals surface area contributed by atoms with E-state index < -0.39 is 5.41 Å². The normalized spacial score (nSPS) is 16.9. The molecule has 20 heavy (non-hydrogen) atoms. The van der Waals surface area contributed by atoms with Crippen LogP contribution >= 0.6 is 11.8 Å². The SMILES string of the molecule is CC1(C)C(=O)c2ccccc2Sc2ccccc2C1=O. The van der Waals surface area contributed by atoms with E-state index >= 15 is 0 Å². The predicted octanol–water partition coefficient (Wildman–Crippen LogP) is 4.24. The van der Waals surface area contributed by atoms with Gasteiger partial charge in [0.25, 0.3) is 0 Å². The van der Waals surface area contributed by atoms with Crippen molar-refractivity contribution >= 4 is 23.3 Å². The first-order valence-corrected chi connectivity index (χ1v) is 7.29. The van der Waals surface area contributed by atoms with E-state index in [1.165, 1.54) is 11.8 Å². The van der Waals surface area contributed by atoms with Gasteiger partial charge in [0.1, 0.15) is 0 Å². The van der Waals surface area contributed by atoms with Crippen LogP contribution in [0.5, 0.6) is 0 Å². The summed E-state index contributed by atoms with van der Waals surface area (Å²) in [5.41, 5.74) is 0.225. The van der Waals surface area contributed by atoms with Gasteiger partial charge in [0.2, 0.25) is 0 Å². The largest absolute Gasteiger partial charge is 0.293 e. The van der Waals surface area contributed by atoms with E-state index in [1.807, 2.05) is 36.4 Å². The molecule has 3 rings (SSSR count). The van der Waals surface area contributed by atoms with Gasteiger partial charge in [0.15, 0.2) is 11.6 Å². The van der Waals surface area contributed by atoms with Gasteiger partial charge in [0.05, 0.1) is 5.41 Å². The Balaban J connectivity index is 2.30. The van der Waals surface area contributed by atoms with E-state index in [1.54, 1.807) is 26.0 Å². The Labute approximate surface area is 122 Å². The van der Waals surface area contributed by atoms with Crippen molar-refractivity contribution in [2.45, 2.75) is 23.6 Å². The third kappa shape index (κ3) is 1.90. The Bertz CT molecular complexity index is 657. The van der Waals surface area contributed by atoms with Gasteiger partial charge >= 0.3 is 0 Å². The predicted molar refractivity (Wildman–Crippen MR) is 79.4 cm³/mol. The van der Waals surface area contributed by atoms with Crippen LogP contribution in [0.15, 0.2) is 58.3 Å². The van der Waals surface area contributed by atoms with Crippen LogP contribution in [0.25, 0.3) is 0 Å². The van der Waals surface area contributed by atoms with E-state index in [4.69, 9.17) is 0 Å². The number of rotatable bonds is 0. The molecule has 1 aliphatic heterocycles. The molecule has 0 saturated carbocycles. The molecule has 3 heteroatoms. The molecule has 2 nitrogen and oxygen atoms in total. The zero-order valence-electron chi connectivity index (χ0n) is 11.3. The van der Waals surface area contributed by atoms with Crippen molar-refractivity contribution in [1.29, 1.82) is 0 Å². The van der Waals surface area contributed by atoms with Crippen molar-refractivity contribution in [2.75, 3.05) is 0 Å². The van der Waals surface area contributed by atoms with E-state index in [2.05, 4.69) is 0 Å². The molecule has 0 bridgehead atoms. The molecular weight excluding hydrogens is 268 g/mol. The van der Waals surface area contributed by atoms with Gasteiger partial charge in [0, 0.05) is 20.9 Å². The monoisotopic (exact) mass is 282 g/mol. The summed E-state index contributed by atoms with van der Waals surface area (Å²) < 4.78 is 0. The van der Waals surface area contributed by atoms with Gasteiger partial charge < -0.3 is 0 Å². The fourth-order valence-corrected chi connectivity index (χ4v) is 3.45. The fraction of sp³-hybridized carbons (Fsp3) is 0.176. The molecule has 0 atom stereocenters. The zero-order chi connectivity index (χ0) is 14.3. The van der Waals surface area contributed by atoms with Crippen LogP contribution in [0.3, 0.4) is 0 Å². The number of hydrogen-bond acceptors (Lipinski definition) is 3. The summed E-state index contributed by atoms with van der Waals surface area (Å²) in [5, 5.41) is 0. The molecule has 0 saturated heterocycles. The summed E-state index contributed by atoms with van der Waals surface area (Å²) in [7, 11) is 0. The molecule has 1 aliphatic rings. The Morgan fingerprint density at radius 1 is 0.750 bits per heavy atom. The first-order chi connectivity index (χ1) is 9.51. The topological polar surface area (TPSA) is 34.1 Å². The summed E-state index contributed by atoms with van der Waals surface area (Å²) >= 11 is 1.48. The lowest BCUT2D eigenvalue weighted by Gasteiger charge is -2.26. The highest BCUT2D eigenvalue weighted by Gasteiger charge is 2.40. The van der Waals surface area contributed by atoms with Crippen LogP contribution < -0.4 is 0 Å². The molecule has 0 amide bonds. The highest BCUT2D eigenvalue weighted by Crippen LogP contribution is 2.40. The third-order valence-corrected chi connectivity index (χ3v) is 4.77. The summed E-state index contributed by atoms with van der Waals surface area (Å²) in [5.74, 6) is -0.222. The molecule has 0 radical (unpaired) electrons. The Kier molecular flexibility index (Phi) is 3.02. The third-order valence-electron chi connectivity index (χ3n) is 3.62. The van der Waals surface area contributed by atoms with Gasteiger partial charge in [-0.1, -0.05) is 48.2 Å². The second kappa shape index (κ2) is 4.60. The molecule has 100 valence electrons. The van der Waals surface area contributed by atoms with E-state index in [0.717, 1.165) is 9.79 Å². The number of carbonyl (C=O) groups is 2. The van der Waals surface area contributed by atoms with Crippen molar-refractivity contribution in [2.24, 2.45) is 5.41 Å². The van der Waals surface area contributed by atoms with E-state index in [-0.39, 0.29) is 11.6 Å². The minimum Gasteiger partial charge on any atom is -0.293 e. The van der Waals surface area contributed by atoms with Crippen molar-refractivity contribution in [3.05, 3.63) is 59.7 Å². The molecule has 0 spiro atoms. The number of fused-ring (bicyclic) bond motifs is 2. The van der Waals surface area contributed by atoms with Crippen LogP contribution in [0, 0.1) is 5.41 Å². The summed E-state index contributed by atoms with van der Waals surface area (Å²) in [4.78, 5) is 27.2. The number of carbonyl (C=O) groups excluding carboxylic acids is 2. The Morgan fingerprint density at radius 3 is 1.60 bits per heavy atom. The standard InChI is InChI=1S/C17H14O2S/c1-17(2)15(18)11-7-3-5-9-13(11)20-14-10-6-4-8-12(14)16(17)19/h3-10H,1-2H3. The van der Waals surface area contributed by atoms with Crippen LogP contribution in [-0.2, 0) is 0 Å². The molecular formula is C17H14O2S.